The van der Waals surface area contributed by atoms with Crippen molar-refractivity contribution in [3.8, 4) is 0 Å². The van der Waals surface area contributed by atoms with Gasteiger partial charge in [-0.2, -0.15) is 0 Å². The number of primary sulfonamides is 1. The predicted molar refractivity (Wildman–Crippen MR) is 156 cm³/mol. The molecule has 1 heterocycles. The number of rotatable bonds is 7. The second-order valence-electron chi connectivity index (χ2n) is 11.2. The van der Waals surface area contributed by atoms with Crippen LogP contribution in [0.25, 0.3) is 0 Å². The minimum Gasteiger partial charge on any atom is -0.357 e. The van der Waals surface area contributed by atoms with Gasteiger partial charge in [-0.3, -0.25) is 9.59 Å². The molecule has 9 heteroatoms. The number of ketones is 1. The van der Waals surface area contributed by atoms with E-state index in [1.807, 2.05) is 59.5 Å². The molecule has 1 aliphatic heterocycles. The van der Waals surface area contributed by atoms with Crippen LogP contribution in [-0.4, -0.2) is 33.2 Å². The smallest absolute Gasteiger partial charge is 0.239 e. The molecule has 0 saturated heterocycles. The van der Waals surface area contributed by atoms with Gasteiger partial charge in [-0.25, -0.2) is 13.6 Å². The maximum Gasteiger partial charge on any atom is 0.239 e. The fourth-order valence-corrected chi connectivity index (χ4v) is 6.13. The van der Waals surface area contributed by atoms with Crippen molar-refractivity contribution in [2.75, 3.05) is 23.3 Å². The van der Waals surface area contributed by atoms with Crippen molar-refractivity contribution in [3.05, 3.63) is 101 Å². The van der Waals surface area contributed by atoms with Crippen LogP contribution < -0.4 is 20.7 Å². The van der Waals surface area contributed by atoms with Gasteiger partial charge in [0, 0.05) is 24.2 Å². The SMILES string of the molecule is CC1(C)CC(=O)C2=C(C1)Nc1ccccc1N(CC(=O)NCCc1ccc(S(N)(=O)=O)cc1)C2c1ccccc1. The number of hydrogen-bond acceptors (Lipinski definition) is 6. The zero-order valence-electron chi connectivity index (χ0n) is 22.7. The lowest BCUT2D eigenvalue weighted by atomic mass is 9.73. The standard InChI is InChI=1S/C31H34N4O4S/c1-31(2)18-25-29(27(36)19-31)30(22-8-4-3-5-9-22)35(26-11-7-6-10-24(26)34-25)20-28(37)33-17-16-21-12-14-23(15-13-21)40(32,38)39/h3-15,30,34H,16-20H2,1-2H3,(H,33,37)(H2,32,38,39). The Balaban J connectivity index is 1.43. The molecule has 2 aliphatic rings. The number of amides is 1. The highest BCUT2D eigenvalue weighted by Gasteiger charge is 2.41. The summed E-state index contributed by atoms with van der Waals surface area (Å²) in [6.45, 7) is 4.64. The molecule has 40 heavy (non-hydrogen) atoms. The number of nitrogens with two attached hydrogens (primary N) is 1. The van der Waals surface area contributed by atoms with Crippen LogP contribution in [0.4, 0.5) is 11.4 Å². The van der Waals surface area contributed by atoms with Crippen LogP contribution in [-0.2, 0) is 26.0 Å². The van der Waals surface area contributed by atoms with Gasteiger partial charge in [-0.15, -0.1) is 0 Å². The van der Waals surface area contributed by atoms with E-state index in [2.05, 4.69) is 24.5 Å². The maximum atomic E-state index is 13.7. The van der Waals surface area contributed by atoms with Crippen LogP contribution in [0, 0.1) is 5.41 Å². The third kappa shape index (κ3) is 5.95. The van der Waals surface area contributed by atoms with Crippen LogP contribution in [0.5, 0.6) is 0 Å². The Kier molecular flexibility index (Phi) is 7.53. The van der Waals surface area contributed by atoms with Crippen molar-refractivity contribution in [1.82, 2.24) is 5.32 Å². The summed E-state index contributed by atoms with van der Waals surface area (Å²) < 4.78 is 23.0. The Hall–Kier alpha value is -3.95. The molecule has 1 amide bonds. The van der Waals surface area contributed by atoms with Crippen molar-refractivity contribution < 1.29 is 18.0 Å². The van der Waals surface area contributed by atoms with Crippen LogP contribution in [0.3, 0.4) is 0 Å². The number of fused-ring (bicyclic) bond motifs is 1. The van der Waals surface area contributed by atoms with Gasteiger partial charge in [-0.1, -0.05) is 68.4 Å². The van der Waals surface area contributed by atoms with E-state index >= 15 is 0 Å². The van der Waals surface area contributed by atoms with Crippen LogP contribution >= 0.6 is 0 Å². The average molecular weight is 559 g/mol. The summed E-state index contributed by atoms with van der Waals surface area (Å²) in [6.07, 6.45) is 1.70. The highest BCUT2D eigenvalue weighted by molar-refractivity contribution is 7.89. The van der Waals surface area contributed by atoms with Gasteiger partial charge in [0.15, 0.2) is 5.78 Å². The van der Waals surface area contributed by atoms with Gasteiger partial charge >= 0.3 is 0 Å². The second-order valence-corrected chi connectivity index (χ2v) is 12.8. The largest absolute Gasteiger partial charge is 0.357 e. The van der Waals surface area contributed by atoms with E-state index in [4.69, 9.17) is 5.14 Å². The molecule has 3 aromatic carbocycles. The molecule has 0 spiro atoms. The normalized spacial score (nSPS) is 18.3. The molecule has 1 unspecified atom stereocenters. The van der Waals surface area contributed by atoms with E-state index < -0.39 is 16.1 Å². The molecule has 1 atom stereocenters. The van der Waals surface area contributed by atoms with E-state index in [1.165, 1.54) is 12.1 Å². The van der Waals surface area contributed by atoms with Crippen molar-refractivity contribution in [2.45, 2.75) is 44.0 Å². The highest BCUT2D eigenvalue weighted by atomic mass is 32.2. The lowest BCUT2D eigenvalue weighted by Crippen LogP contribution is -2.42. The fraction of sp³-hybridized carbons (Fsp3) is 0.290. The van der Waals surface area contributed by atoms with E-state index in [-0.39, 0.29) is 28.5 Å². The molecule has 0 aromatic heterocycles. The van der Waals surface area contributed by atoms with Crippen LogP contribution in [0.1, 0.15) is 43.9 Å². The van der Waals surface area contributed by atoms with Crippen LogP contribution in [0.2, 0.25) is 0 Å². The molecule has 5 rings (SSSR count). The monoisotopic (exact) mass is 558 g/mol. The number of carbonyl (C=O) groups excluding carboxylic acids is 2. The van der Waals surface area contributed by atoms with Crippen LogP contribution in [0.15, 0.2) is 95.0 Å². The first kappa shape index (κ1) is 27.6. The first-order chi connectivity index (χ1) is 19.0. The van der Waals surface area contributed by atoms with Gasteiger partial charge in [0.1, 0.15) is 0 Å². The molecule has 3 aromatic rings. The van der Waals surface area contributed by atoms with Gasteiger partial charge in [-0.05, 0) is 53.6 Å². The van der Waals surface area contributed by atoms with E-state index in [1.54, 1.807) is 12.1 Å². The molecule has 0 saturated carbocycles. The summed E-state index contributed by atoms with van der Waals surface area (Å²) in [5.74, 6) is -0.0849. The van der Waals surface area contributed by atoms with Gasteiger partial charge < -0.3 is 15.5 Å². The average Bonchev–Trinajstić information content (AvgIpc) is 3.03. The number of allylic oxidation sites excluding steroid dienone is 1. The fourth-order valence-electron chi connectivity index (χ4n) is 5.61. The van der Waals surface area contributed by atoms with Gasteiger partial charge in [0.2, 0.25) is 15.9 Å². The van der Waals surface area contributed by atoms with E-state index in [0.717, 1.165) is 34.6 Å². The summed E-state index contributed by atoms with van der Waals surface area (Å²) >= 11 is 0. The Morgan fingerprint density at radius 2 is 1.68 bits per heavy atom. The lowest BCUT2D eigenvalue weighted by Gasteiger charge is -2.37. The summed E-state index contributed by atoms with van der Waals surface area (Å²) in [7, 11) is -3.75. The number of para-hydroxylation sites is 2. The molecular formula is C31H34N4O4S. The summed E-state index contributed by atoms with van der Waals surface area (Å²) in [4.78, 5) is 29.1. The Labute approximate surface area is 235 Å². The van der Waals surface area contributed by atoms with Crippen molar-refractivity contribution in [3.63, 3.8) is 0 Å². The van der Waals surface area contributed by atoms with Crippen molar-refractivity contribution in [2.24, 2.45) is 10.6 Å². The third-order valence-electron chi connectivity index (χ3n) is 7.42. The third-order valence-corrected chi connectivity index (χ3v) is 8.35. The number of nitrogens with one attached hydrogen (secondary N) is 2. The second kappa shape index (κ2) is 10.9. The maximum absolute atomic E-state index is 13.7. The number of hydrogen-bond donors (Lipinski definition) is 3. The van der Waals surface area contributed by atoms with Gasteiger partial charge in [0.05, 0.1) is 28.9 Å². The molecular weight excluding hydrogens is 524 g/mol. The zero-order chi connectivity index (χ0) is 28.5. The Bertz CT molecular complexity index is 1560. The number of anilines is 2. The molecule has 0 radical (unpaired) electrons. The molecule has 0 fully saturated rings. The number of benzene rings is 3. The first-order valence-corrected chi connectivity index (χ1v) is 14.9. The molecule has 4 N–H and O–H groups in total. The summed E-state index contributed by atoms with van der Waals surface area (Å²) in [5.41, 5.74) is 5.00. The number of carbonyl (C=O) groups is 2. The Morgan fingerprint density at radius 3 is 2.38 bits per heavy atom. The molecule has 8 nitrogen and oxygen atoms in total. The number of sulfonamides is 1. The van der Waals surface area contributed by atoms with Crippen molar-refractivity contribution >= 4 is 33.1 Å². The topological polar surface area (TPSA) is 122 Å². The summed E-state index contributed by atoms with van der Waals surface area (Å²) in [5, 5.41) is 11.7. The number of nitrogens with zero attached hydrogens (tertiary/aromatic N) is 1. The molecule has 208 valence electrons. The lowest BCUT2D eigenvalue weighted by molar-refractivity contribution is -0.120. The van der Waals surface area contributed by atoms with Crippen molar-refractivity contribution in [1.29, 1.82) is 0 Å². The number of Topliss-reactive ketones (excluding diaryl/α,β-unsaturated/α-hetero) is 1. The predicted octanol–water partition coefficient (Wildman–Crippen LogP) is 4.31. The van der Waals surface area contributed by atoms with E-state index in [0.29, 0.717) is 25.0 Å². The highest BCUT2D eigenvalue weighted by Crippen LogP contribution is 2.48. The molecule has 1 aliphatic carbocycles. The Morgan fingerprint density at radius 1 is 1.00 bits per heavy atom. The minimum atomic E-state index is -3.75. The first-order valence-electron chi connectivity index (χ1n) is 13.3. The minimum absolute atomic E-state index is 0.0509. The van der Waals surface area contributed by atoms with Gasteiger partial charge in [0.25, 0.3) is 0 Å². The molecule has 0 bridgehead atoms. The zero-order valence-corrected chi connectivity index (χ0v) is 23.5. The quantitative estimate of drug-likeness (QED) is 0.397. The summed E-state index contributed by atoms with van der Waals surface area (Å²) in [6, 6.07) is 23.6. The van der Waals surface area contributed by atoms with E-state index in [9.17, 15) is 18.0 Å².